The van der Waals surface area contributed by atoms with Crippen molar-refractivity contribution in [3.63, 3.8) is 0 Å². The van der Waals surface area contributed by atoms with Crippen molar-refractivity contribution >= 4 is 11.9 Å². The summed E-state index contributed by atoms with van der Waals surface area (Å²) in [4.78, 5) is 24.6. The molecule has 0 spiro atoms. The minimum absolute atomic E-state index is 0.0247. The van der Waals surface area contributed by atoms with Crippen LogP contribution in [0.5, 0.6) is 17.2 Å². The van der Waals surface area contributed by atoms with Gasteiger partial charge in [-0.15, -0.1) is 0 Å². The van der Waals surface area contributed by atoms with E-state index in [9.17, 15) is 14.7 Å². The number of carbonyl (C=O) groups excluding carboxylic acids is 2. The molecular weight excluding hydrogens is 386 g/mol. The van der Waals surface area contributed by atoms with Crippen LogP contribution in [-0.4, -0.2) is 36.8 Å². The average molecular weight is 413 g/mol. The number of esters is 1. The Morgan fingerprint density at radius 3 is 2.53 bits per heavy atom. The summed E-state index contributed by atoms with van der Waals surface area (Å²) in [5.41, 5.74) is 1.72. The Bertz CT molecular complexity index is 924. The van der Waals surface area contributed by atoms with Crippen molar-refractivity contribution in [3.05, 3.63) is 53.1 Å². The average Bonchev–Trinajstić information content (AvgIpc) is 2.94. The van der Waals surface area contributed by atoms with E-state index in [1.54, 1.807) is 13.0 Å². The molecule has 3 rings (SSSR count). The largest absolute Gasteiger partial charge is 0.507 e. The topological polar surface area (TPSA) is 94.1 Å². The smallest absolute Gasteiger partial charge is 0.342 e. The first-order chi connectivity index (χ1) is 14.3. The highest BCUT2D eigenvalue weighted by molar-refractivity contribution is 5.94. The van der Waals surface area contributed by atoms with Gasteiger partial charge in [0.15, 0.2) is 18.1 Å². The molecular formula is C23H27NO6. The van der Waals surface area contributed by atoms with Crippen LogP contribution in [0, 0.1) is 12.8 Å². The van der Waals surface area contributed by atoms with E-state index in [4.69, 9.17) is 14.2 Å². The highest BCUT2D eigenvalue weighted by Crippen LogP contribution is 2.34. The number of benzene rings is 2. The Morgan fingerprint density at radius 2 is 1.83 bits per heavy atom. The molecule has 0 aromatic heterocycles. The number of fused-ring (bicyclic) bond motifs is 1. The first kappa shape index (κ1) is 21.5. The van der Waals surface area contributed by atoms with Gasteiger partial charge in [0.2, 0.25) is 0 Å². The Balaban J connectivity index is 1.64. The summed E-state index contributed by atoms with van der Waals surface area (Å²) in [5.74, 6) is 0.0892. The summed E-state index contributed by atoms with van der Waals surface area (Å²) in [6.45, 7) is 6.53. The van der Waals surface area contributed by atoms with Crippen LogP contribution < -0.4 is 14.8 Å². The second-order valence-corrected chi connectivity index (χ2v) is 7.64. The minimum Gasteiger partial charge on any atom is -0.507 e. The van der Waals surface area contributed by atoms with Crippen molar-refractivity contribution in [1.29, 1.82) is 0 Å². The molecule has 0 saturated carbocycles. The summed E-state index contributed by atoms with van der Waals surface area (Å²) in [5, 5.41) is 12.8. The summed E-state index contributed by atoms with van der Waals surface area (Å²) < 4.78 is 16.5. The number of hydrogen-bond acceptors (Lipinski definition) is 6. The molecule has 1 aliphatic heterocycles. The van der Waals surface area contributed by atoms with E-state index in [0.717, 1.165) is 17.5 Å². The first-order valence-electron chi connectivity index (χ1n) is 10.0. The third-order valence-electron chi connectivity index (χ3n) is 4.82. The maximum Gasteiger partial charge on any atom is 0.342 e. The van der Waals surface area contributed by atoms with Gasteiger partial charge >= 0.3 is 5.97 Å². The quantitative estimate of drug-likeness (QED) is 0.704. The molecule has 2 aromatic rings. The van der Waals surface area contributed by atoms with Gasteiger partial charge in [0, 0.05) is 6.42 Å². The molecule has 0 radical (unpaired) electrons. The number of rotatable bonds is 6. The number of aromatic hydroxyl groups is 1. The maximum atomic E-state index is 12.4. The molecule has 7 heteroatoms. The molecule has 1 atom stereocenters. The SMILES string of the molecule is Cc1ccc(C(=O)OCC(=O)N[C@@H](c2ccc3c(c2)OCCCO3)C(C)C)c(O)c1. The molecule has 2 aromatic carbocycles. The zero-order valence-corrected chi connectivity index (χ0v) is 17.4. The lowest BCUT2D eigenvalue weighted by Gasteiger charge is -2.24. The van der Waals surface area contributed by atoms with Gasteiger partial charge in [-0.25, -0.2) is 4.79 Å². The number of hydrogen-bond donors (Lipinski definition) is 2. The Morgan fingerprint density at radius 1 is 1.10 bits per heavy atom. The van der Waals surface area contributed by atoms with Gasteiger partial charge < -0.3 is 24.6 Å². The van der Waals surface area contributed by atoms with Crippen LogP contribution in [0.25, 0.3) is 0 Å². The van der Waals surface area contributed by atoms with Crippen molar-refractivity contribution < 1.29 is 28.9 Å². The van der Waals surface area contributed by atoms with Gasteiger partial charge in [0.25, 0.3) is 5.91 Å². The molecule has 0 saturated heterocycles. The highest BCUT2D eigenvalue weighted by Gasteiger charge is 2.22. The van der Waals surface area contributed by atoms with Crippen LogP contribution >= 0.6 is 0 Å². The zero-order chi connectivity index (χ0) is 21.7. The number of phenolic OH excluding ortho intramolecular Hbond substituents is 1. The predicted molar refractivity (Wildman–Crippen MR) is 111 cm³/mol. The van der Waals surface area contributed by atoms with Gasteiger partial charge in [-0.1, -0.05) is 26.0 Å². The molecule has 1 heterocycles. The highest BCUT2D eigenvalue weighted by atomic mass is 16.5. The fraction of sp³-hybridized carbons (Fsp3) is 0.391. The van der Waals surface area contributed by atoms with Gasteiger partial charge in [0.1, 0.15) is 11.3 Å². The number of nitrogens with one attached hydrogen (secondary N) is 1. The molecule has 1 aliphatic rings. The molecule has 0 fully saturated rings. The Labute approximate surface area is 176 Å². The lowest BCUT2D eigenvalue weighted by molar-refractivity contribution is -0.125. The van der Waals surface area contributed by atoms with Gasteiger partial charge in [-0.05, 0) is 48.2 Å². The summed E-state index contributed by atoms with van der Waals surface area (Å²) in [6, 6.07) is 9.96. The van der Waals surface area contributed by atoms with E-state index in [2.05, 4.69) is 5.32 Å². The molecule has 2 N–H and O–H groups in total. The van der Waals surface area contributed by atoms with Crippen molar-refractivity contribution in [2.24, 2.45) is 5.92 Å². The molecule has 30 heavy (non-hydrogen) atoms. The third kappa shape index (κ3) is 5.23. The zero-order valence-electron chi connectivity index (χ0n) is 17.4. The number of amides is 1. The molecule has 160 valence electrons. The standard InChI is InChI=1S/C23H27NO6/c1-14(2)22(16-6-8-19-20(12-16)29-10-4-9-28-19)24-21(26)13-30-23(27)17-7-5-15(3)11-18(17)25/h5-8,11-12,14,22,25H,4,9-10,13H2,1-3H3,(H,24,26)/t22-/m1/s1. The molecule has 0 bridgehead atoms. The fourth-order valence-corrected chi connectivity index (χ4v) is 3.25. The fourth-order valence-electron chi connectivity index (χ4n) is 3.25. The van der Waals surface area contributed by atoms with Crippen LogP contribution in [-0.2, 0) is 9.53 Å². The van der Waals surface area contributed by atoms with Gasteiger partial charge in [-0.3, -0.25) is 4.79 Å². The number of phenols is 1. The monoisotopic (exact) mass is 413 g/mol. The summed E-state index contributed by atoms with van der Waals surface area (Å²) >= 11 is 0. The molecule has 1 amide bonds. The van der Waals surface area contributed by atoms with Crippen molar-refractivity contribution in [3.8, 4) is 17.2 Å². The van der Waals surface area contributed by atoms with E-state index in [1.807, 2.05) is 32.0 Å². The minimum atomic E-state index is -0.751. The number of aryl methyl sites for hydroxylation is 1. The Kier molecular flexibility index (Phi) is 6.82. The Hall–Kier alpha value is -3.22. The number of carbonyl (C=O) groups is 2. The van der Waals surface area contributed by atoms with E-state index in [0.29, 0.717) is 24.7 Å². The molecule has 0 unspecified atom stereocenters. The maximum absolute atomic E-state index is 12.4. The van der Waals surface area contributed by atoms with Crippen molar-refractivity contribution in [1.82, 2.24) is 5.32 Å². The van der Waals surface area contributed by atoms with Crippen LogP contribution in [0.15, 0.2) is 36.4 Å². The third-order valence-corrected chi connectivity index (χ3v) is 4.82. The van der Waals surface area contributed by atoms with Gasteiger partial charge in [-0.2, -0.15) is 0 Å². The van der Waals surface area contributed by atoms with Crippen LogP contribution in [0.4, 0.5) is 0 Å². The summed E-state index contributed by atoms with van der Waals surface area (Å²) in [7, 11) is 0. The van der Waals surface area contributed by atoms with Crippen molar-refractivity contribution in [2.75, 3.05) is 19.8 Å². The number of ether oxygens (including phenoxy) is 3. The normalized spacial score (nSPS) is 14.0. The van der Waals surface area contributed by atoms with Crippen LogP contribution in [0.2, 0.25) is 0 Å². The van der Waals surface area contributed by atoms with E-state index >= 15 is 0 Å². The summed E-state index contributed by atoms with van der Waals surface area (Å²) in [6.07, 6.45) is 0.816. The van der Waals surface area contributed by atoms with Crippen molar-refractivity contribution in [2.45, 2.75) is 33.2 Å². The predicted octanol–water partition coefficient (Wildman–Crippen LogP) is 3.53. The van der Waals surface area contributed by atoms with Gasteiger partial charge in [0.05, 0.1) is 19.3 Å². The molecule has 0 aliphatic carbocycles. The first-order valence-corrected chi connectivity index (χ1v) is 10.0. The van der Waals surface area contributed by atoms with Crippen LogP contribution in [0.1, 0.15) is 47.8 Å². The molecule has 7 nitrogen and oxygen atoms in total. The van der Waals surface area contributed by atoms with Crippen LogP contribution in [0.3, 0.4) is 0 Å². The van der Waals surface area contributed by atoms with E-state index < -0.39 is 18.5 Å². The second kappa shape index (κ2) is 9.52. The van der Waals surface area contributed by atoms with E-state index in [1.165, 1.54) is 12.1 Å². The van der Waals surface area contributed by atoms with E-state index in [-0.39, 0.29) is 23.3 Å². The lowest BCUT2D eigenvalue weighted by Crippen LogP contribution is -2.35. The second-order valence-electron chi connectivity index (χ2n) is 7.64. The lowest BCUT2D eigenvalue weighted by atomic mass is 9.95.